The minimum atomic E-state index is -2.07. The number of benzene rings is 1. The number of hydrogen-bond donors (Lipinski definition) is 3. The molecular formula is C13H10F4N4O2. The van der Waals surface area contributed by atoms with E-state index < -0.39 is 40.6 Å². The number of amides is 2. The molecule has 2 rings (SSSR count). The Labute approximate surface area is 126 Å². The van der Waals surface area contributed by atoms with Crippen molar-refractivity contribution >= 4 is 11.8 Å². The summed E-state index contributed by atoms with van der Waals surface area (Å²) in [4.78, 5) is 23.1. The topological polar surface area (TPSA) is 86.9 Å². The number of aromatic amines is 1. The Morgan fingerprint density at radius 2 is 1.65 bits per heavy atom. The molecular weight excluding hydrogens is 320 g/mol. The van der Waals surface area contributed by atoms with Gasteiger partial charge in [0, 0.05) is 19.3 Å². The minimum Gasteiger partial charge on any atom is -0.350 e. The highest BCUT2D eigenvalue weighted by molar-refractivity contribution is 5.94. The third-order valence-corrected chi connectivity index (χ3v) is 2.79. The molecule has 6 nitrogen and oxygen atoms in total. The summed E-state index contributed by atoms with van der Waals surface area (Å²) >= 11 is 0. The Morgan fingerprint density at radius 3 is 2.26 bits per heavy atom. The molecule has 0 aliphatic carbocycles. The maximum absolute atomic E-state index is 13.4. The van der Waals surface area contributed by atoms with Gasteiger partial charge in [-0.3, -0.25) is 14.7 Å². The fraction of sp³-hybridized carbons (Fsp3) is 0.154. The molecule has 0 atom stereocenters. The van der Waals surface area contributed by atoms with Crippen LogP contribution in [-0.4, -0.2) is 35.1 Å². The van der Waals surface area contributed by atoms with Gasteiger partial charge in [0.1, 0.15) is 5.69 Å². The van der Waals surface area contributed by atoms with Crippen LogP contribution in [0.25, 0.3) is 0 Å². The molecule has 1 heterocycles. The van der Waals surface area contributed by atoms with Crippen LogP contribution in [0.15, 0.2) is 18.3 Å². The van der Waals surface area contributed by atoms with Crippen molar-refractivity contribution in [3.05, 3.63) is 52.9 Å². The Hall–Kier alpha value is -2.91. The normalized spacial score (nSPS) is 10.4. The van der Waals surface area contributed by atoms with Gasteiger partial charge >= 0.3 is 0 Å². The summed E-state index contributed by atoms with van der Waals surface area (Å²) in [5.41, 5.74) is -0.772. The Balaban J connectivity index is 1.89. The van der Waals surface area contributed by atoms with Gasteiger partial charge in [-0.2, -0.15) is 5.10 Å². The number of nitrogens with one attached hydrogen (secondary N) is 3. The average Bonchev–Trinajstić information content (AvgIpc) is 3.07. The van der Waals surface area contributed by atoms with Crippen molar-refractivity contribution in [2.75, 3.05) is 13.1 Å². The van der Waals surface area contributed by atoms with Gasteiger partial charge in [-0.1, -0.05) is 0 Å². The largest absolute Gasteiger partial charge is 0.350 e. The van der Waals surface area contributed by atoms with E-state index in [2.05, 4.69) is 20.8 Å². The van der Waals surface area contributed by atoms with Crippen LogP contribution in [-0.2, 0) is 0 Å². The molecule has 0 saturated carbocycles. The van der Waals surface area contributed by atoms with Crippen molar-refractivity contribution in [3.63, 3.8) is 0 Å². The van der Waals surface area contributed by atoms with Crippen LogP contribution in [0, 0.1) is 23.3 Å². The van der Waals surface area contributed by atoms with E-state index >= 15 is 0 Å². The smallest absolute Gasteiger partial charge is 0.269 e. The lowest BCUT2D eigenvalue weighted by atomic mass is 10.1. The molecule has 0 aliphatic rings. The molecule has 23 heavy (non-hydrogen) atoms. The standard InChI is InChI=1S/C13H10F4N4O2/c14-7-5-6(9(15)11(17)10(7)16)12(22)18-3-4-19-13(23)8-1-2-20-21-8/h1-2,5H,3-4H2,(H,18,22)(H,19,23)(H,20,21). The maximum Gasteiger partial charge on any atom is 0.269 e. The van der Waals surface area contributed by atoms with Gasteiger partial charge in [-0.05, 0) is 12.1 Å². The lowest BCUT2D eigenvalue weighted by Crippen LogP contribution is -2.35. The summed E-state index contributed by atoms with van der Waals surface area (Å²) < 4.78 is 52.2. The highest BCUT2D eigenvalue weighted by Gasteiger charge is 2.22. The second-order valence-electron chi connectivity index (χ2n) is 4.33. The second kappa shape index (κ2) is 6.90. The molecule has 0 radical (unpaired) electrons. The van der Waals surface area contributed by atoms with Gasteiger partial charge in [0.05, 0.1) is 5.56 Å². The highest BCUT2D eigenvalue weighted by atomic mass is 19.2. The van der Waals surface area contributed by atoms with Crippen molar-refractivity contribution < 1.29 is 27.2 Å². The molecule has 10 heteroatoms. The highest BCUT2D eigenvalue weighted by Crippen LogP contribution is 2.18. The number of hydrogen-bond acceptors (Lipinski definition) is 3. The monoisotopic (exact) mass is 330 g/mol. The van der Waals surface area contributed by atoms with Crippen LogP contribution < -0.4 is 10.6 Å². The van der Waals surface area contributed by atoms with E-state index in [9.17, 15) is 27.2 Å². The van der Waals surface area contributed by atoms with Gasteiger partial charge in [-0.15, -0.1) is 0 Å². The van der Waals surface area contributed by atoms with E-state index in [1.54, 1.807) is 0 Å². The van der Waals surface area contributed by atoms with E-state index in [0.29, 0.717) is 0 Å². The van der Waals surface area contributed by atoms with E-state index in [1.165, 1.54) is 12.3 Å². The molecule has 0 saturated heterocycles. The Bertz CT molecular complexity index is 734. The minimum absolute atomic E-state index is 0.0304. The second-order valence-corrected chi connectivity index (χ2v) is 4.33. The van der Waals surface area contributed by atoms with Gasteiger partial charge in [-0.25, -0.2) is 17.6 Å². The van der Waals surface area contributed by atoms with Crippen LogP contribution in [0.2, 0.25) is 0 Å². The molecule has 2 aromatic rings. The van der Waals surface area contributed by atoms with Crippen molar-refractivity contribution in [2.45, 2.75) is 0 Å². The van der Waals surface area contributed by atoms with Crippen molar-refractivity contribution in [1.82, 2.24) is 20.8 Å². The van der Waals surface area contributed by atoms with Gasteiger partial charge < -0.3 is 10.6 Å². The first-order valence-electron chi connectivity index (χ1n) is 6.30. The van der Waals surface area contributed by atoms with Crippen molar-refractivity contribution in [3.8, 4) is 0 Å². The molecule has 0 spiro atoms. The van der Waals surface area contributed by atoms with Gasteiger partial charge in [0.25, 0.3) is 11.8 Å². The summed E-state index contributed by atoms with van der Waals surface area (Å²) in [5, 5.41) is 10.5. The number of carbonyl (C=O) groups is 2. The first kappa shape index (κ1) is 16.5. The molecule has 122 valence electrons. The number of halogens is 4. The predicted molar refractivity (Wildman–Crippen MR) is 69.5 cm³/mol. The lowest BCUT2D eigenvalue weighted by Gasteiger charge is -2.08. The molecule has 0 aliphatic heterocycles. The Morgan fingerprint density at radius 1 is 1.00 bits per heavy atom. The van der Waals surface area contributed by atoms with Crippen LogP contribution in [0.3, 0.4) is 0 Å². The first-order chi connectivity index (χ1) is 10.9. The number of H-pyrrole nitrogens is 1. The third-order valence-electron chi connectivity index (χ3n) is 2.79. The fourth-order valence-corrected chi connectivity index (χ4v) is 1.66. The van der Waals surface area contributed by atoms with E-state index in [1.807, 2.05) is 0 Å². The third kappa shape index (κ3) is 3.65. The zero-order valence-corrected chi connectivity index (χ0v) is 11.4. The predicted octanol–water partition coefficient (Wildman–Crippen LogP) is 1.13. The van der Waals surface area contributed by atoms with Crippen molar-refractivity contribution in [1.29, 1.82) is 0 Å². The Kier molecular flexibility index (Phi) is 4.94. The van der Waals surface area contributed by atoms with E-state index in [0.717, 1.165) is 0 Å². The first-order valence-corrected chi connectivity index (χ1v) is 6.30. The SMILES string of the molecule is O=C(NCCNC(=O)c1cc(F)c(F)c(F)c1F)c1ccn[nH]1. The molecule has 0 bridgehead atoms. The number of aromatic nitrogens is 2. The van der Waals surface area contributed by atoms with Crippen LogP contribution in [0.1, 0.15) is 20.8 Å². The number of rotatable bonds is 5. The molecule has 1 aromatic heterocycles. The summed E-state index contributed by atoms with van der Waals surface area (Å²) in [5.74, 6) is -9.16. The quantitative estimate of drug-likeness (QED) is 0.332. The van der Waals surface area contributed by atoms with Gasteiger partial charge in [0.15, 0.2) is 23.3 Å². The average molecular weight is 330 g/mol. The molecule has 2 amide bonds. The number of carbonyl (C=O) groups excluding carboxylic acids is 2. The zero-order chi connectivity index (χ0) is 17.0. The van der Waals surface area contributed by atoms with Crippen LogP contribution in [0.4, 0.5) is 17.6 Å². The zero-order valence-electron chi connectivity index (χ0n) is 11.4. The maximum atomic E-state index is 13.4. The summed E-state index contributed by atoms with van der Waals surface area (Å²) in [6, 6.07) is 1.68. The molecule has 0 unspecified atom stereocenters. The lowest BCUT2D eigenvalue weighted by molar-refractivity contribution is 0.0922. The van der Waals surface area contributed by atoms with Gasteiger partial charge in [0.2, 0.25) is 0 Å². The molecule has 3 N–H and O–H groups in total. The summed E-state index contributed by atoms with van der Waals surface area (Å²) in [7, 11) is 0. The fourth-order valence-electron chi connectivity index (χ4n) is 1.66. The van der Waals surface area contributed by atoms with Crippen LogP contribution >= 0.6 is 0 Å². The van der Waals surface area contributed by atoms with Crippen LogP contribution in [0.5, 0.6) is 0 Å². The summed E-state index contributed by atoms with van der Waals surface area (Å²) in [6.45, 7) is -0.170. The molecule has 1 aromatic carbocycles. The van der Waals surface area contributed by atoms with E-state index in [4.69, 9.17) is 0 Å². The summed E-state index contributed by atoms with van der Waals surface area (Å²) in [6.07, 6.45) is 1.37. The van der Waals surface area contributed by atoms with E-state index in [-0.39, 0.29) is 24.8 Å². The molecule has 0 fully saturated rings. The number of nitrogens with zero attached hydrogens (tertiary/aromatic N) is 1. The van der Waals surface area contributed by atoms with Crippen molar-refractivity contribution in [2.24, 2.45) is 0 Å².